The van der Waals surface area contributed by atoms with Crippen molar-refractivity contribution in [2.75, 3.05) is 11.9 Å². The number of hydrogen-bond acceptors (Lipinski definition) is 2. The zero-order chi connectivity index (χ0) is 13.5. The SMILES string of the molecule is CC(C)CNc1ccc(CC(=O)NC(C)C)cc1. The molecule has 3 nitrogen and oxygen atoms in total. The molecule has 1 rings (SSSR count). The van der Waals surface area contributed by atoms with E-state index in [1.54, 1.807) is 0 Å². The van der Waals surface area contributed by atoms with Gasteiger partial charge in [-0.05, 0) is 37.5 Å². The lowest BCUT2D eigenvalue weighted by molar-refractivity contribution is -0.120. The Bertz CT molecular complexity index is 369. The Labute approximate surface area is 110 Å². The highest BCUT2D eigenvalue weighted by Gasteiger charge is 2.04. The highest BCUT2D eigenvalue weighted by molar-refractivity contribution is 5.78. The molecule has 1 amide bonds. The Balaban J connectivity index is 2.47. The van der Waals surface area contributed by atoms with Gasteiger partial charge in [0.25, 0.3) is 0 Å². The summed E-state index contributed by atoms with van der Waals surface area (Å²) in [7, 11) is 0. The molecular formula is C15H24N2O. The molecule has 0 bridgehead atoms. The number of benzene rings is 1. The number of carbonyl (C=O) groups excluding carboxylic acids is 1. The molecule has 18 heavy (non-hydrogen) atoms. The molecule has 0 heterocycles. The minimum Gasteiger partial charge on any atom is -0.385 e. The monoisotopic (exact) mass is 248 g/mol. The maximum Gasteiger partial charge on any atom is 0.224 e. The van der Waals surface area contributed by atoms with E-state index < -0.39 is 0 Å². The Hall–Kier alpha value is -1.51. The maximum atomic E-state index is 11.6. The molecule has 0 aromatic heterocycles. The number of carbonyl (C=O) groups is 1. The van der Waals surface area contributed by atoms with Crippen molar-refractivity contribution in [1.29, 1.82) is 0 Å². The van der Waals surface area contributed by atoms with E-state index in [4.69, 9.17) is 0 Å². The average molecular weight is 248 g/mol. The Morgan fingerprint density at radius 2 is 1.72 bits per heavy atom. The second-order valence-corrected chi connectivity index (χ2v) is 5.37. The molecule has 0 aliphatic rings. The fourth-order valence-corrected chi connectivity index (χ4v) is 1.62. The van der Waals surface area contributed by atoms with Crippen LogP contribution in [-0.2, 0) is 11.2 Å². The molecule has 100 valence electrons. The normalized spacial score (nSPS) is 10.8. The Morgan fingerprint density at radius 1 is 1.11 bits per heavy atom. The zero-order valence-electron chi connectivity index (χ0n) is 11.8. The molecule has 1 aromatic carbocycles. The Morgan fingerprint density at radius 3 is 2.22 bits per heavy atom. The van der Waals surface area contributed by atoms with Crippen molar-refractivity contribution in [3.63, 3.8) is 0 Å². The number of nitrogens with one attached hydrogen (secondary N) is 2. The molecule has 0 radical (unpaired) electrons. The van der Waals surface area contributed by atoms with Gasteiger partial charge in [-0.2, -0.15) is 0 Å². The Kier molecular flexibility index (Phi) is 5.69. The molecular weight excluding hydrogens is 224 g/mol. The van der Waals surface area contributed by atoms with Crippen molar-refractivity contribution in [2.24, 2.45) is 5.92 Å². The first-order valence-electron chi connectivity index (χ1n) is 6.59. The molecule has 0 fully saturated rings. The summed E-state index contributed by atoms with van der Waals surface area (Å²) in [5, 5.41) is 6.25. The summed E-state index contributed by atoms with van der Waals surface area (Å²) in [4.78, 5) is 11.6. The van der Waals surface area contributed by atoms with E-state index in [1.165, 1.54) is 0 Å². The van der Waals surface area contributed by atoms with Gasteiger partial charge in [0, 0.05) is 18.3 Å². The van der Waals surface area contributed by atoms with Crippen LogP contribution < -0.4 is 10.6 Å². The molecule has 0 saturated carbocycles. The van der Waals surface area contributed by atoms with Crippen molar-refractivity contribution in [1.82, 2.24) is 5.32 Å². The summed E-state index contributed by atoms with van der Waals surface area (Å²) >= 11 is 0. The summed E-state index contributed by atoms with van der Waals surface area (Å²) in [6.07, 6.45) is 0.447. The smallest absolute Gasteiger partial charge is 0.224 e. The van der Waals surface area contributed by atoms with Crippen LogP contribution in [0.5, 0.6) is 0 Å². The van der Waals surface area contributed by atoms with Crippen LogP contribution >= 0.6 is 0 Å². The second kappa shape index (κ2) is 7.04. The fourth-order valence-electron chi connectivity index (χ4n) is 1.62. The molecule has 1 aromatic rings. The van der Waals surface area contributed by atoms with E-state index in [-0.39, 0.29) is 11.9 Å². The predicted molar refractivity (Wildman–Crippen MR) is 76.8 cm³/mol. The van der Waals surface area contributed by atoms with Gasteiger partial charge in [-0.3, -0.25) is 4.79 Å². The molecule has 0 aliphatic carbocycles. The highest BCUT2D eigenvalue weighted by atomic mass is 16.1. The fraction of sp³-hybridized carbons (Fsp3) is 0.533. The average Bonchev–Trinajstić information content (AvgIpc) is 2.26. The van der Waals surface area contributed by atoms with Gasteiger partial charge in [-0.25, -0.2) is 0 Å². The molecule has 0 spiro atoms. The van der Waals surface area contributed by atoms with Crippen molar-refractivity contribution >= 4 is 11.6 Å². The first-order chi connectivity index (χ1) is 8.47. The third-order valence-corrected chi connectivity index (χ3v) is 2.48. The number of amides is 1. The zero-order valence-corrected chi connectivity index (χ0v) is 11.8. The summed E-state index contributed by atoms with van der Waals surface area (Å²) < 4.78 is 0. The van der Waals surface area contributed by atoms with Gasteiger partial charge in [0.2, 0.25) is 5.91 Å². The molecule has 0 atom stereocenters. The van der Waals surface area contributed by atoms with Gasteiger partial charge in [-0.15, -0.1) is 0 Å². The van der Waals surface area contributed by atoms with Crippen LogP contribution in [0.15, 0.2) is 24.3 Å². The van der Waals surface area contributed by atoms with Crippen LogP contribution in [0, 0.1) is 5.92 Å². The number of anilines is 1. The third-order valence-electron chi connectivity index (χ3n) is 2.48. The lowest BCUT2D eigenvalue weighted by Crippen LogP contribution is -2.31. The highest BCUT2D eigenvalue weighted by Crippen LogP contribution is 2.10. The first kappa shape index (κ1) is 14.6. The number of hydrogen-bond donors (Lipinski definition) is 2. The topological polar surface area (TPSA) is 41.1 Å². The standard InChI is InChI=1S/C15H24N2O/c1-11(2)10-16-14-7-5-13(6-8-14)9-15(18)17-12(3)4/h5-8,11-12,16H,9-10H2,1-4H3,(H,17,18). The van der Waals surface area contributed by atoms with E-state index in [9.17, 15) is 4.79 Å². The van der Waals surface area contributed by atoms with Gasteiger partial charge in [-0.1, -0.05) is 26.0 Å². The van der Waals surface area contributed by atoms with Crippen LogP contribution in [0.1, 0.15) is 33.3 Å². The lowest BCUT2D eigenvalue weighted by atomic mass is 10.1. The first-order valence-corrected chi connectivity index (χ1v) is 6.59. The predicted octanol–water partition coefficient (Wildman–Crippen LogP) is 2.82. The van der Waals surface area contributed by atoms with Crippen molar-refractivity contribution in [3.05, 3.63) is 29.8 Å². The van der Waals surface area contributed by atoms with Gasteiger partial charge in [0.1, 0.15) is 0 Å². The van der Waals surface area contributed by atoms with Crippen LogP contribution in [0.2, 0.25) is 0 Å². The second-order valence-electron chi connectivity index (χ2n) is 5.37. The maximum absolute atomic E-state index is 11.6. The van der Waals surface area contributed by atoms with Crippen LogP contribution in [0.4, 0.5) is 5.69 Å². The van der Waals surface area contributed by atoms with Crippen molar-refractivity contribution < 1.29 is 4.79 Å². The quantitative estimate of drug-likeness (QED) is 0.813. The molecule has 2 N–H and O–H groups in total. The largest absolute Gasteiger partial charge is 0.385 e. The van der Waals surface area contributed by atoms with Crippen molar-refractivity contribution in [3.8, 4) is 0 Å². The van der Waals surface area contributed by atoms with Crippen LogP contribution in [0.25, 0.3) is 0 Å². The van der Waals surface area contributed by atoms with Gasteiger partial charge >= 0.3 is 0 Å². The van der Waals surface area contributed by atoms with Gasteiger partial charge in [0.05, 0.1) is 6.42 Å². The molecule has 0 aliphatic heterocycles. The minimum atomic E-state index is 0.0767. The van der Waals surface area contributed by atoms with Crippen LogP contribution in [0.3, 0.4) is 0 Å². The van der Waals surface area contributed by atoms with Crippen molar-refractivity contribution in [2.45, 2.75) is 40.2 Å². The van der Waals surface area contributed by atoms with E-state index in [1.807, 2.05) is 38.1 Å². The summed E-state index contributed by atoms with van der Waals surface area (Å²) in [6.45, 7) is 9.26. The van der Waals surface area contributed by atoms with E-state index in [0.29, 0.717) is 12.3 Å². The molecule has 0 unspecified atom stereocenters. The van der Waals surface area contributed by atoms with E-state index >= 15 is 0 Å². The molecule has 3 heteroatoms. The summed E-state index contributed by atoms with van der Waals surface area (Å²) in [5.41, 5.74) is 2.15. The van der Waals surface area contributed by atoms with E-state index in [0.717, 1.165) is 17.8 Å². The molecule has 0 saturated heterocycles. The van der Waals surface area contributed by atoms with Gasteiger partial charge in [0.15, 0.2) is 0 Å². The van der Waals surface area contributed by atoms with Crippen LogP contribution in [-0.4, -0.2) is 18.5 Å². The van der Waals surface area contributed by atoms with E-state index in [2.05, 4.69) is 24.5 Å². The third kappa shape index (κ3) is 5.71. The summed E-state index contributed by atoms with van der Waals surface area (Å²) in [5.74, 6) is 0.703. The minimum absolute atomic E-state index is 0.0767. The number of rotatable bonds is 6. The van der Waals surface area contributed by atoms with Gasteiger partial charge < -0.3 is 10.6 Å². The summed E-state index contributed by atoms with van der Waals surface area (Å²) in [6, 6.07) is 8.26. The lowest BCUT2D eigenvalue weighted by Gasteiger charge is -2.10.